The van der Waals surface area contributed by atoms with E-state index < -0.39 is 10.0 Å². The molecule has 1 fully saturated rings. The van der Waals surface area contributed by atoms with Crippen LogP contribution in [0.15, 0.2) is 59.5 Å². The van der Waals surface area contributed by atoms with E-state index in [1.807, 2.05) is 42.5 Å². The first-order chi connectivity index (χ1) is 11.1. The summed E-state index contributed by atoms with van der Waals surface area (Å²) in [6.45, 7) is 2.52. The number of anilines is 1. The third-order valence-electron chi connectivity index (χ3n) is 4.17. The monoisotopic (exact) mass is 330 g/mol. The van der Waals surface area contributed by atoms with Crippen molar-refractivity contribution in [2.75, 3.05) is 24.5 Å². The number of nitrogens with one attached hydrogen (secondary N) is 1. The van der Waals surface area contributed by atoms with Gasteiger partial charge < -0.3 is 4.90 Å². The van der Waals surface area contributed by atoms with E-state index in [0.717, 1.165) is 24.3 Å². The second-order valence-electron chi connectivity index (χ2n) is 5.82. The van der Waals surface area contributed by atoms with Gasteiger partial charge in [-0.25, -0.2) is 13.1 Å². The Kier molecular flexibility index (Phi) is 4.98. The van der Waals surface area contributed by atoms with Gasteiger partial charge in [-0.2, -0.15) is 0 Å². The first-order valence-electron chi connectivity index (χ1n) is 8.04. The molecular weight excluding hydrogens is 308 g/mol. The quantitative estimate of drug-likeness (QED) is 0.886. The van der Waals surface area contributed by atoms with Crippen LogP contribution in [-0.2, 0) is 16.4 Å². The third kappa shape index (κ3) is 4.12. The molecular formula is C18H22N2O2S. The van der Waals surface area contributed by atoms with Gasteiger partial charge in [-0.15, -0.1) is 0 Å². The maximum Gasteiger partial charge on any atom is 0.240 e. The van der Waals surface area contributed by atoms with Crippen LogP contribution in [0.3, 0.4) is 0 Å². The first kappa shape index (κ1) is 16.0. The molecule has 0 spiro atoms. The molecule has 0 bridgehead atoms. The smallest absolute Gasteiger partial charge is 0.240 e. The molecule has 0 amide bonds. The van der Waals surface area contributed by atoms with Crippen molar-refractivity contribution >= 4 is 15.7 Å². The molecule has 3 rings (SSSR count). The van der Waals surface area contributed by atoms with Gasteiger partial charge in [-0.05, 0) is 49.1 Å². The molecule has 0 saturated carbocycles. The summed E-state index contributed by atoms with van der Waals surface area (Å²) in [5, 5.41) is 0. The van der Waals surface area contributed by atoms with E-state index in [0.29, 0.717) is 17.9 Å². The average molecular weight is 330 g/mol. The maximum atomic E-state index is 12.3. The molecule has 4 nitrogen and oxygen atoms in total. The molecule has 1 saturated heterocycles. The number of rotatable bonds is 6. The number of nitrogens with zero attached hydrogens (tertiary/aromatic N) is 1. The van der Waals surface area contributed by atoms with Crippen molar-refractivity contribution < 1.29 is 8.42 Å². The van der Waals surface area contributed by atoms with Crippen LogP contribution in [0, 0.1) is 0 Å². The molecule has 0 aliphatic carbocycles. The Hall–Kier alpha value is -1.85. The van der Waals surface area contributed by atoms with Crippen LogP contribution in [0.25, 0.3) is 0 Å². The highest BCUT2D eigenvalue weighted by Gasteiger charge is 2.16. The summed E-state index contributed by atoms with van der Waals surface area (Å²) < 4.78 is 27.3. The molecule has 0 atom stereocenters. The standard InChI is InChI=1S/C18H22N2O2S/c21-23(22,19-13-12-16-6-2-1-3-7-16)18-10-8-17(9-11-18)20-14-4-5-15-20/h1-3,6-11,19H,4-5,12-15H2. The lowest BCUT2D eigenvalue weighted by Gasteiger charge is -2.17. The van der Waals surface area contributed by atoms with Gasteiger partial charge in [-0.1, -0.05) is 30.3 Å². The largest absolute Gasteiger partial charge is 0.372 e. The minimum absolute atomic E-state index is 0.327. The Labute approximate surface area is 138 Å². The van der Waals surface area contributed by atoms with Gasteiger partial charge in [-0.3, -0.25) is 0 Å². The summed E-state index contributed by atoms with van der Waals surface area (Å²) in [5.74, 6) is 0. The van der Waals surface area contributed by atoms with Crippen molar-refractivity contribution in [3.8, 4) is 0 Å². The average Bonchev–Trinajstić information content (AvgIpc) is 3.10. The Morgan fingerprint density at radius 3 is 2.22 bits per heavy atom. The zero-order valence-electron chi connectivity index (χ0n) is 13.1. The van der Waals surface area contributed by atoms with Crippen LogP contribution in [0.1, 0.15) is 18.4 Å². The third-order valence-corrected chi connectivity index (χ3v) is 5.64. The van der Waals surface area contributed by atoms with Crippen molar-refractivity contribution in [3.05, 3.63) is 60.2 Å². The fraction of sp³-hybridized carbons (Fsp3) is 0.333. The lowest BCUT2D eigenvalue weighted by Crippen LogP contribution is -2.26. The molecule has 0 radical (unpaired) electrons. The summed E-state index contributed by atoms with van der Waals surface area (Å²) in [6, 6.07) is 17.1. The maximum absolute atomic E-state index is 12.3. The Balaban J connectivity index is 1.60. The Morgan fingerprint density at radius 1 is 0.913 bits per heavy atom. The van der Waals surface area contributed by atoms with Crippen LogP contribution < -0.4 is 9.62 Å². The molecule has 0 aromatic heterocycles. The molecule has 1 aliphatic rings. The molecule has 5 heteroatoms. The zero-order chi connectivity index (χ0) is 16.1. The molecule has 1 N–H and O–H groups in total. The minimum atomic E-state index is -3.44. The van der Waals surface area contributed by atoms with Gasteiger partial charge in [0.15, 0.2) is 0 Å². The van der Waals surface area contributed by atoms with Crippen LogP contribution in [0.2, 0.25) is 0 Å². The molecule has 1 aliphatic heterocycles. The molecule has 0 unspecified atom stereocenters. The van der Waals surface area contributed by atoms with Gasteiger partial charge in [0.1, 0.15) is 0 Å². The van der Waals surface area contributed by atoms with Crippen molar-refractivity contribution in [1.29, 1.82) is 0 Å². The lowest BCUT2D eigenvalue weighted by molar-refractivity contribution is 0.581. The Morgan fingerprint density at radius 2 is 1.57 bits per heavy atom. The number of hydrogen-bond donors (Lipinski definition) is 1. The zero-order valence-corrected chi connectivity index (χ0v) is 13.9. The molecule has 122 valence electrons. The van der Waals surface area contributed by atoms with Gasteiger partial charge in [0.2, 0.25) is 10.0 Å². The lowest BCUT2D eigenvalue weighted by atomic mass is 10.2. The van der Waals surface area contributed by atoms with E-state index in [1.165, 1.54) is 12.8 Å². The van der Waals surface area contributed by atoms with Crippen LogP contribution in [0.5, 0.6) is 0 Å². The van der Waals surface area contributed by atoms with Crippen LogP contribution >= 0.6 is 0 Å². The highest BCUT2D eigenvalue weighted by Crippen LogP contribution is 2.21. The normalized spacial score (nSPS) is 15.0. The minimum Gasteiger partial charge on any atom is -0.372 e. The van der Waals surface area contributed by atoms with E-state index >= 15 is 0 Å². The first-order valence-corrected chi connectivity index (χ1v) is 9.52. The number of sulfonamides is 1. The van der Waals surface area contributed by atoms with Crippen molar-refractivity contribution in [2.24, 2.45) is 0 Å². The SMILES string of the molecule is O=S(=O)(NCCc1ccccc1)c1ccc(N2CCCC2)cc1. The predicted molar refractivity (Wildman–Crippen MR) is 93.2 cm³/mol. The van der Waals surface area contributed by atoms with Crippen LogP contribution in [-0.4, -0.2) is 28.1 Å². The van der Waals surface area contributed by atoms with Crippen molar-refractivity contribution in [1.82, 2.24) is 4.72 Å². The van der Waals surface area contributed by atoms with E-state index in [1.54, 1.807) is 12.1 Å². The summed E-state index contributed by atoms with van der Waals surface area (Å²) in [5.41, 5.74) is 2.23. The summed E-state index contributed by atoms with van der Waals surface area (Å²) in [4.78, 5) is 2.62. The van der Waals surface area contributed by atoms with Crippen LogP contribution in [0.4, 0.5) is 5.69 Å². The number of hydrogen-bond acceptors (Lipinski definition) is 3. The highest BCUT2D eigenvalue weighted by molar-refractivity contribution is 7.89. The summed E-state index contributed by atoms with van der Waals surface area (Å²) in [7, 11) is -3.44. The fourth-order valence-electron chi connectivity index (χ4n) is 2.87. The Bertz CT molecular complexity index is 721. The van der Waals surface area contributed by atoms with Gasteiger partial charge in [0.25, 0.3) is 0 Å². The summed E-state index contributed by atoms with van der Waals surface area (Å²) >= 11 is 0. The molecule has 2 aromatic rings. The highest BCUT2D eigenvalue weighted by atomic mass is 32.2. The molecule has 2 aromatic carbocycles. The number of benzene rings is 2. The fourth-order valence-corrected chi connectivity index (χ4v) is 3.90. The van der Waals surface area contributed by atoms with Crippen molar-refractivity contribution in [2.45, 2.75) is 24.2 Å². The van der Waals surface area contributed by atoms with E-state index in [2.05, 4.69) is 9.62 Å². The molecule has 1 heterocycles. The van der Waals surface area contributed by atoms with E-state index in [9.17, 15) is 8.42 Å². The predicted octanol–water partition coefficient (Wildman–Crippen LogP) is 2.81. The second-order valence-corrected chi connectivity index (χ2v) is 7.59. The van der Waals surface area contributed by atoms with Gasteiger partial charge in [0.05, 0.1) is 4.90 Å². The van der Waals surface area contributed by atoms with Crippen molar-refractivity contribution in [3.63, 3.8) is 0 Å². The summed E-state index contributed by atoms with van der Waals surface area (Å²) in [6.07, 6.45) is 3.11. The van der Waals surface area contributed by atoms with Gasteiger partial charge in [0, 0.05) is 25.3 Å². The topological polar surface area (TPSA) is 49.4 Å². The second kappa shape index (κ2) is 7.15. The molecule has 23 heavy (non-hydrogen) atoms. The van der Waals surface area contributed by atoms with E-state index in [-0.39, 0.29) is 0 Å². The van der Waals surface area contributed by atoms with E-state index in [4.69, 9.17) is 0 Å². The van der Waals surface area contributed by atoms with Gasteiger partial charge >= 0.3 is 0 Å².